The van der Waals surface area contributed by atoms with Gasteiger partial charge < -0.3 is 5.32 Å². The van der Waals surface area contributed by atoms with Gasteiger partial charge in [0, 0.05) is 19.6 Å². The molecule has 1 saturated heterocycles. The van der Waals surface area contributed by atoms with Crippen molar-refractivity contribution >= 4 is 11.5 Å². The average molecular weight is 281 g/mol. The van der Waals surface area contributed by atoms with Crippen molar-refractivity contribution in [2.75, 3.05) is 25.0 Å². The highest BCUT2D eigenvalue weighted by Gasteiger charge is 2.25. The Morgan fingerprint density at radius 2 is 2.05 bits per heavy atom. The van der Waals surface area contributed by atoms with E-state index in [4.69, 9.17) is 0 Å². The Balaban J connectivity index is 2.01. The van der Waals surface area contributed by atoms with Crippen LogP contribution in [0, 0.1) is 17.0 Å². The second-order valence-electron chi connectivity index (χ2n) is 5.49. The van der Waals surface area contributed by atoms with E-state index in [9.17, 15) is 10.1 Å². The predicted molar refractivity (Wildman–Crippen MR) is 78.0 cm³/mol. The fourth-order valence-electron chi connectivity index (χ4n) is 2.80. The molecule has 1 aliphatic heterocycles. The van der Waals surface area contributed by atoms with Gasteiger partial charge in [-0.2, -0.15) is 5.10 Å². The van der Waals surface area contributed by atoms with Gasteiger partial charge in [0.1, 0.15) is 5.69 Å². The number of hydrogen-bond acceptors (Lipinski definition) is 5. The molecule has 1 atom stereocenters. The normalized spacial score (nSPS) is 17.9. The zero-order valence-corrected chi connectivity index (χ0v) is 12.4. The van der Waals surface area contributed by atoms with Gasteiger partial charge in [0.25, 0.3) is 0 Å². The maximum atomic E-state index is 11.1. The van der Waals surface area contributed by atoms with Crippen LogP contribution in [0.5, 0.6) is 0 Å². The number of likely N-dealkylation sites (tertiary alicyclic amines) is 1. The molecule has 112 valence electrons. The zero-order chi connectivity index (χ0) is 14.7. The summed E-state index contributed by atoms with van der Waals surface area (Å²) in [6.07, 6.45) is 3.80. The number of hydrogen-bond donors (Lipinski definition) is 1. The summed E-state index contributed by atoms with van der Waals surface area (Å²) < 4.78 is 1.55. The second kappa shape index (κ2) is 6.21. The third-order valence-electron chi connectivity index (χ3n) is 3.95. The van der Waals surface area contributed by atoms with Crippen molar-refractivity contribution in [1.82, 2.24) is 14.7 Å². The molecule has 1 N–H and O–H groups in total. The largest absolute Gasteiger partial charge is 0.363 e. The lowest BCUT2D eigenvalue weighted by Crippen LogP contribution is -2.41. The molecule has 0 saturated carbocycles. The van der Waals surface area contributed by atoms with Gasteiger partial charge in [0.2, 0.25) is 5.82 Å². The lowest BCUT2D eigenvalue weighted by atomic mass is 10.1. The minimum Gasteiger partial charge on any atom is -0.363 e. The van der Waals surface area contributed by atoms with Crippen LogP contribution in [0.2, 0.25) is 0 Å². The number of nitro groups is 1. The molecule has 0 radical (unpaired) electrons. The van der Waals surface area contributed by atoms with Gasteiger partial charge in [0.15, 0.2) is 0 Å². The maximum absolute atomic E-state index is 11.1. The fourth-order valence-corrected chi connectivity index (χ4v) is 2.80. The standard InChI is InChI=1S/C13H23N5O2/c1-10(17-7-5-4-6-8-17)9-14-13-12(18(19)20)11(2)15-16(13)3/h10,14H,4-9H2,1-3H3. The summed E-state index contributed by atoms with van der Waals surface area (Å²) in [5.74, 6) is 0.497. The van der Waals surface area contributed by atoms with Crippen LogP contribution in [-0.4, -0.2) is 45.3 Å². The van der Waals surface area contributed by atoms with E-state index in [1.54, 1.807) is 18.7 Å². The van der Waals surface area contributed by atoms with Crippen molar-refractivity contribution in [3.05, 3.63) is 15.8 Å². The molecule has 1 aliphatic rings. The Labute approximate surface area is 119 Å². The Morgan fingerprint density at radius 1 is 1.40 bits per heavy atom. The summed E-state index contributed by atoms with van der Waals surface area (Å²) in [5, 5.41) is 18.4. The van der Waals surface area contributed by atoms with E-state index in [1.807, 2.05) is 0 Å². The third kappa shape index (κ3) is 3.09. The van der Waals surface area contributed by atoms with E-state index in [1.165, 1.54) is 19.3 Å². The number of piperidine rings is 1. The summed E-state index contributed by atoms with van der Waals surface area (Å²) in [4.78, 5) is 13.2. The molecular formula is C13H23N5O2. The molecule has 2 heterocycles. The number of nitrogens with one attached hydrogen (secondary N) is 1. The van der Waals surface area contributed by atoms with Crippen molar-refractivity contribution in [1.29, 1.82) is 0 Å². The minimum absolute atomic E-state index is 0.0818. The number of aryl methyl sites for hydroxylation is 2. The zero-order valence-electron chi connectivity index (χ0n) is 12.4. The Hall–Kier alpha value is -1.63. The van der Waals surface area contributed by atoms with Crippen LogP contribution in [0.25, 0.3) is 0 Å². The van der Waals surface area contributed by atoms with Crippen molar-refractivity contribution in [3.8, 4) is 0 Å². The quantitative estimate of drug-likeness (QED) is 0.659. The van der Waals surface area contributed by atoms with E-state index in [0.29, 0.717) is 24.1 Å². The van der Waals surface area contributed by atoms with Gasteiger partial charge in [0.05, 0.1) is 4.92 Å². The molecule has 0 spiro atoms. The van der Waals surface area contributed by atoms with E-state index in [0.717, 1.165) is 13.1 Å². The minimum atomic E-state index is -0.365. The van der Waals surface area contributed by atoms with E-state index in [2.05, 4.69) is 22.2 Å². The lowest BCUT2D eigenvalue weighted by Gasteiger charge is -2.32. The van der Waals surface area contributed by atoms with Crippen LogP contribution in [-0.2, 0) is 7.05 Å². The highest BCUT2D eigenvalue weighted by Crippen LogP contribution is 2.27. The van der Waals surface area contributed by atoms with Crippen molar-refractivity contribution in [2.45, 2.75) is 39.2 Å². The SMILES string of the molecule is Cc1nn(C)c(NCC(C)N2CCCCC2)c1[N+](=O)[O-]. The summed E-state index contributed by atoms with van der Waals surface area (Å²) in [6, 6.07) is 0.366. The van der Waals surface area contributed by atoms with Crippen molar-refractivity contribution in [3.63, 3.8) is 0 Å². The molecule has 0 aliphatic carbocycles. The number of aromatic nitrogens is 2. The van der Waals surface area contributed by atoms with Gasteiger partial charge in [-0.3, -0.25) is 15.0 Å². The van der Waals surface area contributed by atoms with Gasteiger partial charge in [-0.15, -0.1) is 0 Å². The van der Waals surface area contributed by atoms with Gasteiger partial charge in [-0.1, -0.05) is 6.42 Å². The Bertz CT molecular complexity index is 479. The molecule has 0 aromatic carbocycles. The van der Waals surface area contributed by atoms with Crippen LogP contribution in [0.15, 0.2) is 0 Å². The topological polar surface area (TPSA) is 76.2 Å². The summed E-state index contributed by atoms with van der Waals surface area (Å²) in [7, 11) is 1.73. The molecule has 0 amide bonds. The third-order valence-corrected chi connectivity index (χ3v) is 3.95. The number of anilines is 1. The maximum Gasteiger partial charge on any atom is 0.333 e. The molecule has 7 heteroatoms. The van der Waals surface area contributed by atoms with Gasteiger partial charge in [-0.05, 0) is 39.8 Å². The summed E-state index contributed by atoms with van der Waals surface area (Å²) in [6.45, 7) is 6.76. The first-order chi connectivity index (χ1) is 9.50. The van der Waals surface area contributed by atoms with E-state index in [-0.39, 0.29) is 10.6 Å². The first-order valence-electron chi connectivity index (χ1n) is 7.16. The van der Waals surface area contributed by atoms with Crippen LogP contribution in [0.4, 0.5) is 11.5 Å². The van der Waals surface area contributed by atoms with Gasteiger partial charge in [-0.25, -0.2) is 4.68 Å². The molecule has 1 fully saturated rings. The van der Waals surface area contributed by atoms with Crippen LogP contribution >= 0.6 is 0 Å². The molecule has 1 aromatic rings. The van der Waals surface area contributed by atoms with Crippen molar-refractivity contribution < 1.29 is 4.92 Å². The molecule has 1 aromatic heterocycles. The lowest BCUT2D eigenvalue weighted by molar-refractivity contribution is -0.384. The Kier molecular flexibility index (Phi) is 4.59. The Morgan fingerprint density at radius 3 is 2.65 bits per heavy atom. The summed E-state index contributed by atoms with van der Waals surface area (Å²) >= 11 is 0. The van der Waals surface area contributed by atoms with E-state index < -0.39 is 0 Å². The first-order valence-corrected chi connectivity index (χ1v) is 7.16. The van der Waals surface area contributed by atoms with Crippen LogP contribution < -0.4 is 5.32 Å². The van der Waals surface area contributed by atoms with Crippen LogP contribution in [0.1, 0.15) is 31.9 Å². The highest BCUT2D eigenvalue weighted by molar-refractivity contribution is 5.59. The molecular weight excluding hydrogens is 258 g/mol. The molecule has 1 unspecified atom stereocenters. The predicted octanol–water partition coefficient (Wildman–Crippen LogP) is 1.92. The number of nitrogens with zero attached hydrogens (tertiary/aromatic N) is 4. The molecule has 2 rings (SSSR count). The molecule has 7 nitrogen and oxygen atoms in total. The van der Waals surface area contributed by atoms with Crippen molar-refractivity contribution in [2.24, 2.45) is 7.05 Å². The number of rotatable bonds is 5. The smallest absolute Gasteiger partial charge is 0.333 e. The second-order valence-corrected chi connectivity index (χ2v) is 5.49. The van der Waals surface area contributed by atoms with E-state index >= 15 is 0 Å². The average Bonchev–Trinajstić information content (AvgIpc) is 2.71. The van der Waals surface area contributed by atoms with Crippen LogP contribution in [0.3, 0.4) is 0 Å². The van der Waals surface area contributed by atoms with Gasteiger partial charge >= 0.3 is 5.69 Å². The first kappa shape index (κ1) is 14.8. The molecule has 0 bridgehead atoms. The fraction of sp³-hybridized carbons (Fsp3) is 0.769. The molecule has 20 heavy (non-hydrogen) atoms. The monoisotopic (exact) mass is 281 g/mol. The summed E-state index contributed by atoms with van der Waals surface area (Å²) in [5.41, 5.74) is 0.531. The highest BCUT2D eigenvalue weighted by atomic mass is 16.6.